The first-order valence-electron chi connectivity index (χ1n) is 8.95. The Bertz CT molecular complexity index is 311. The van der Waals surface area contributed by atoms with Crippen LogP contribution >= 0.6 is 0 Å². The minimum absolute atomic E-state index is 0.392. The van der Waals surface area contributed by atoms with E-state index in [0.29, 0.717) is 11.6 Å². The van der Waals surface area contributed by atoms with E-state index in [9.17, 15) is 0 Å². The second kappa shape index (κ2) is 7.61. The minimum Gasteiger partial charge on any atom is -0.309 e. The number of hydrogen-bond donors (Lipinski definition) is 1. The highest BCUT2D eigenvalue weighted by molar-refractivity contribution is 5.22. The normalized spacial score (nSPS) is 23.9. The van der Waals surface area contributed by atoms with Crippen LogP contribution in [0.5, 0.6) is 0 Å². The van der Waals surface area contributed by atoms with E-state index in [0.717, 1.165) is 6.54 Å². The molecular weight excluding hydrogens is 244 g/mol. The summed E-state index contributed by atoms with van der Waals surface area (Å²) >= 11 is 0. The molecule has 0 bridgehead atoms. The number of nitrogens with one attached hydrogen (secondary N) is 1. The van der Waals surface area contributed by atoms with Crippen molar-refractivity contribution in [1.82, 2.24) is 10.2 Å². The summed E-state index contributed by atoms with van der Waals surface area (Å²) in [6.45, 7) is 10.4. The molecule has 1 saturated carbocycles. The van der Waals surface area contributed by atoms with Crippen molar-refractivity contribution in [2.45, 2.75) is 83.7 Å². The van der Waals surface area contributed by atoms with Crippen molar-refractivity contribution >= 4 is 0 Å². The molecule has 0 aromatic heterocycles. The van der Waals surface area contributed by atoms with Crippen molar-refractivity contribution in [2.75, 3.05) is 19.6 Å². The van der Waals surface area contributed by atoms with Crippen molar-refractivity contribution in [2.24, 2.45) is 0 Å². The summed E-state index contributed by atoms with van der Waals surface area (Å²) in [7, 11) is 0. The molecule has 20 heavy (non-hydrogen) atoms. The van der Waals surface area contributed by atoms with Gasteiger partial charge in [0.15, 0.2) is 0 Å². The average molecular weight is 278 g/mol. The second-order valence-electron chi connectivity index (χ2n) is 6.50. The van der Waals surface area contributed by atoms with Crippen molar-refractivity contribution in [3.63, 3.8) is 0 Å². The van der Waals surface area contributed by atoms with Crippen molar-refractivity contribution < 1.29 is 0 Å². The molecule has 1 fully saturated rings. The molecule has 0 aromatic rings. The van der Waals surface area contributed by atoms with Gasteiger partial charge in [-0.15, -0.1) is 0 Å². The van der Waals surface area contributed by atoms with Crippen molar-refractivity contribution in [3.05, 3.63) is 11.6 Å². The lowest BCUT2D eigenvalue weighted by atomic mass is 9.78. The van der Waals surface area contributed by atoms with Crippen LogP contribution in [-0.4, -0.2) is 36.1 Å². The first-order valence-corrected chi connectivity index (χ1v) is 8.95. The fourth-order valence-electron chi connectivity index (χ4n) is 4.62. The maximum atomic E-state index is 3.87. The van der Waals surface area contributed by atoms with Crippen LogP contribution in [0.15, 0.2) is 11.6 Å². The molecule has 2 rings (SSSR count). The van der Waals surface area contributed by atoms with Crippen LogP contribution in [0.4, 0.5) is 0 Å². The number of allylic oxidation sites excluding steroid dienone is 1. The van der Waals surface area contributed by atoms with Gasteiger partial charge in [0.25, 0.3) is 0 Å². The summed E-state index contributed by atoms with van der Waals surface area (Å²) in [5.74, 6) is 0. The predicted octanol–water partition coefficient (Wildman–Crippen LogP) is 4.12. The summed E-state index contributed by atoms with van der Waals surface area (Å²) in [6, 6.07) is 0.593. The van der Waals surface area contributed by atoms with Crippen molar-refractivity contribution in [1.29, 1.82) is 0 Å². The van der Waals surface area contributed by atoms with Gasteiger partial charge in [0.2, 0.25) is 0 Å². The molecule has 2 aliphatic carbocycles. The summed E-state index contributed by atoms with van der Waals surface area (Å²) < 4.78 is 0. The van der Waals surface area contributed by atoms with E-state index in [4.69, 9.17) is 0 Å². The van der Waals surface area contributed by atoms with E-state index in [2.05, 4.69) is 37.1 Å². The molecule has 1 unspecified atom stereocenters. The lowest BCUT2D eigenvalue weighted by molar-refractivity contribution is 0.0742. The Balaban J connectivity index is 2.29. The quantitative estimate of drug-likeness (QED) is 0.705. The van der Waals surface area contributed by atoms with Crippen LogP contribution in [0.25, 0.3) is 0 Å². The smallest absolute Gasteiger partial charge is 0.0466 e. The molecule has 2 aliphatic rings. The molecule has 0 aliphatic heterocycles. The summed E-state index contributed by atoms with van der Waals surface area (Å²) in [5, 5.41) is 3.87. The Morgan fingerprint density at radius 2 is 1.80 bits per heavy atom. The van der Waals surface area contributed by atoms with E-state index in [1.165, 1.54) is 64.5 Å². The molecule has 2 nitrogen and oxygen atoms in total. The summed E-state index contributed by atoms with van der Waals surface area (Å²) in [4.78, 5) is 2.75. The molecule has 1 N–H and O–H groups in total. The van der Waals surface area contributed by atoms with Gasteiger partial charge in [0.05, 0.1) is 0 Å². The molecule has 0 heterocycles. The fourth-order valence-corrected chi connectivity index (χ4v) is 4.62. The second-order valence-corrected chi connectivity index (χ2v) is 6.50. The first-order chi connectivity index (χ1) is 9.78. The molecule has 0 saturated heterocycles. The van der Waals surface area contributed by atoms with E-state index in [1.807, 2.05) is 0 Å². The molecular formula is C18H34N2. The van der Waals surface area contributed by atoms with Crippen LogP contribution in [-0.2, 0) is 0 Å². The van der Waals surface area contributed by atoms with Gasteiger partial charge in [-0.2, -0.15) is 0 Å². The Hall–Kier alpha value is -0.340. The SMILES string of the molecule is CCNC(C1=CCCCC1)C1(N(CC)CC)CCCC1. The molecule has 0 spiro atoms. The third kappa shape index (κ3) is 3.12. The van der Waals surface area contributed by atoms with E-state index >= 15 is 0 Å². The number of nitrogens with zero attached hydrogens (tertiary/aromatic N) is 1. The van der Waals surface area contributed by atoms with Crippen LogP contribution in [0.3, 0.4) is 0 Å². The standard InChI is InChI=1S/C18H34N2/c1-4-19-17(16-12-8-7-9-13-16)18(14-10-11-15-18)20(5-2)6-3/h12,17,19H,4-11,13-15H2,1-3H3. The number of rotatable bonds is 7. The van der Waals surface area contributed by atoms with Gasteiger partial charge in [-0.3, -0.25) is 4.90 Å². The van der Waals surface area contributed by atoms with Gasteiger partial charge < -0.3 is 5.32 Å². The van der Waals surface area contributed by atoms with E-state index in [-0.39, 0.29) is 0 Å². The van der Waals surface area contributed by atoms with Gasteiger partial charge in [-0.25, -0.2) is 0 Å². The average Bonchev–Trinajstić information content (AvgIpc) is 2.97. The maximum Gasteiger partial charge on any atom is 0.0466 e. The van der Waals surface area contributed by atoms with Gasteiger partial charge >= 0.3 is 0 Å². The highest BCUT2D eigenvalue weighted by Gasteiger charge is 2.45. The molecule has 2 heteroatoms. The fraction of sp³-hybridized carbons (Fsp3) is 0.889. The zero-order chi connectivity index (χ0) is 14.4. The van der Waals surface area contributed by atoms with E-state index in [1.54, 1.807) is 5.57 Å². The molecule has 0 amide bonds. The highest BCUT2D eigenvalue weighted by Crippen LogP contribution is 2.42. The largest absolute Gasteiger partial charge is 0.309 e. The monoisotopic (exact) mass is 278 g/mol. The van der Waals surface area contributed by atoms with Gasteiger partial charge in [0.1, 0.15) is 0 Å². The van der Waals surface area contributed by atoms with Gasteiger partial charge in [0, 0.05) is 11.6 Å². The number of likely N-dealkylation sites (N-methyl/N-ethyl adjacent to an activating group) is 2. The van der Waals surface area contributed by atoms with Crippen LogP contribution in [0, 0.1) is 0 Å². The van der Waals surface area contributed by atoms with Crippen LogP contribution in [0.2, 0.25) is 0 Å². The third-order valence-corrected chi connectivity index (χ3v) is 5.51. The van der Waals surface area contributed by atoms with Gasteiger partial charge in [-0.05, 0) is 58.2 Å². The summed E-state index contributed by atoms with van der Waals surface area (Å²) in [6.07, 6.45) is 13.5. The zero-order valence-electron chi connectivity index (χ0n) is 13.9. The zero-order valence-corrected chi connectivity index (χ0v) is 13.9. The topological polar surface area (TPSA) is 15.3 Å². The highest BCUT2D eigenvalue weighted by atomic mass is 15.2. The minimum atomic E-state index is 0.392. The predicted molar refractivity (Wildman–Crippen MR) is 88.1 cm³/mol. The van der Waals surface area contributed by atoms with Gasteiger partial charge in [-0.1, -0.05) is 45.3 Å². The maximum absolute atomic E-state index is 3.87. The van der Waals surface area contributed by atoms with Crippen molar-refractivity contribution in [3.8, 4) is 0 Å². The van der Waals surface area contributed by atoms with E-state index < -0.39 is 0 Å². The third-order valence-electron chi connectivity index (χ3n) is 5.51. The summed E-state index contributed by atoms with van der Waals surface area (Å²) in [5.41, 5.74) is 2.11. The lowest BCUT2D eigenvalue weighted by Crippen LogP contribution is -2.60. The Kier molecular flexibility index (Phi) is 6.10. The molecule has 116 valence electrons. The Labute approximate surface area is 126 Å². The molecule has 0 aromatic carbocycles. The number of hydrogen-bond acceptors (Lipinski definition) is 2. The Morgan fingerprint density at radius 1 is 1.10 bits per heavy atom. The van der Waals surface area contributed by atoms with Crippen LogP contribution in [0.1, 0.15) is 72.1 Å². The first kappa shape index (κ1) is 16.0. The molecule has 1 atom stereocenters. The lowest BCUT2D eigenvalue weighted by Gasteiger charge is -2.48. The Morgan fingerprint density at radius 3 is 2.30 bits per heavy atom. The van der Waals surface area contributed by atoms with Crippen LogP contribution < -0.4 is 5.32 Å². The molecule has 0 radical (unpaired) electrons.